The lowest BCUT2D eigenvalue weighted by Gasteiger charge is -2.25. The van der Waals surface area contributed by atoms with E-state index in [4.69, 9.17) is 9.47 Å². The monoisotopic (exact) mass is 445 g/mol. The van der Waals surface area contributed by atoms with Crippen molar-refractivity contribution in [2.24, 2.45) is 0 Å². The molecule has 2 aromatic carbocycles. The average Bonchev–Trinajstić information content (AvgIpc) is 3.56. The first kappa shape index (κ1) is 20.8. The molecule has 1 saturated heterocycles. The summed E-state index contributed by atoms with van der Waals surface area (Å²) in [5.41, 5.74) is 2.30. The molecule has 0 bridgehead atoms. The van der Waals surface area contributed by atoms with Crippen molar-refractivity contribution in [3.8, 4) is 11.5 Å². The number of imidazole rings is 1. The Balaban J connectivity index is 1.53. The molecular weight excluding hydrogens is 422 g/mol. The first-order chi connectivity index (χ1) is 16.0. The summed E-state index contributed by atoms with van der Waals surface area (Å²) in [5, 5.41) is 11.2. The second-order valence-corrected chi connectivity index (χ2v) is 8.13. The van der Waals surface area contributed by atoms with E-state index >= 15 is 0 Å². The van der Waals surface area contributed by atoms with Crippen LogP contribution in [0.4, 0.5) is 0 Å². The van der Waals surface area contributed by atoms with E-state index in [0.29, 0.717) is 36.6 Å². The minimum atomic E-state index is -0.696. The number of hydrogen-bond acceptors (Lipinski definition) is 6. The summed E-state index contributed by atoms with van der Waals surface area (Å²) in [7, 11) is 0. The Kier molecular flexibility index (Phi) is 5.34. The summed E-state index contributed by atoms with van der Waals surface area (Å²) in [5.74, 6) is -0.483. The number of benzene rings is 2. The van der Waals surface area contributed by atoms with Gasteiger partial charge in [0.1, 0.15) is 5.76 Å². The lowest BCUT2D eigenvalue weighted by atomic mass is 9.94. The SMILES string of the molecule is Cc1ccc([C@H]2C(=C(O)c3ccc4c(c3)OCO4)C(=O)C(=O)N2CCCn2ccnc2)cc1. The number of aliphatic hydroxyl groups is 1. The molecule has 5 rings (SSSR count). The van der Waals surface area contributed by atoms with Gasteiger partial charge in [0.2, 0.25) is 6.79 Å². The highest BCUT2D eigenvalue weighted by Gasteiger charge is 2.45. The zero-order valence-corrected chi connectivity index (χ0v) is 18.1. The molecule has 0 spiro atoms. The Hall–Kier alpha value is -4.07. The van der Waals surface area contributed by atoms with Gasteiger partial charge in [0, 0.05) is 31.0 Å². The van der Waals surface area contributed by atoms with Gasteiger partial charge in [-0.25, -0.2) is 4.98 Å². The molecule has 0 aliphatic carbocycles. The van der Waals surface area contributed by atoms with Gasteiger partial charge >= 0.3 is 0 Å². The van der Waals surface area contributed by atoms with Crippen LogP contribution in [0.3, 0.4) is 0 Å². The summed E-state index contributed by atoms with van der Waals surface area (Å²) in [6.45, 7) is 3.09. The fraction of sp³-hybridized carbons (Fsp3) is 0.240. The molecule has 0 saturated carbocycles. The fourth-order valence-corrected chi connectivity index (χ4v) is 4.25. The highest BCUT2D eigenvalue weighted by molar-refractivity contribution is 6.46. The summed E-state index contributed by atoms with van der Waals surface area (Å²) < 4.78 is 12.7. The number of hydrogen-bond donors (Lipinski definition) is 1. The quantitative estimate of drug-likeness (QED) is 0.355. The highest BCUT2D eigenvalue weighted by atomic mass is 16.7. The Morgan fingerprint density at radius 1 is 1.09 bits per heavy atom. The van der Waals surface area contributed by atoms with Gasteiger partial charge in [-0.1, -0.05) is 29.8 Å². The van der Waals surface area contributed by atoms with Crippen LogP contribution in [0.2, 0.25) is 0 Å². The van der Waals surface area contributed by atoms with Crippen molar-refractivity contribution in [2.45, 2.75) is 25.9 Å². The third-order valence-corrected chi connectivity index (χ3v) is 5.95. The molecule has 8 heteroatoms. The van der Waals surface area contributed by atoms with E-state index < -0.39 is 17.7 Å². The van der Waals surface area contributed by atoms with Crippen molar-refractivity contribution in [3.63, 3.8) is 0 Å². The second kappa shape index (κ2) is 8.46. The standard InChI is InChI=1S/C25H23N3O5/c1-16-3-5-17(6-4-16)22-21(23(29)18-7-8-19-20(13-18)33-15-32-19)24(30)25(31)28(22)11-2-10-27-12-9-26-14-27/h3-9,12-14,22,29H,2,10-11,15H2,1H3/t22-/m0/s1. The van der Waals surface area contributed by atoms with E-state index in [0.717, 1.165) is 11.1 Å². The van der Waals surface area contributed by atoms with Crippen molar-refractivity contribution in [2.75, 3.05) is 13.3 Å². The summed E-state index contributed by atoms with van der Waals surface area (Å²) in [6.07, 6.45) is 5.90. The lowest BCUT2D eigenvalue weighted by molar-refractivity contribution is -0.139. The number of amides is 1. The second-order valence-electron chi connectivity index (χ2n) is 8.13. The maximum atomic E-state index is 13.1. The number of aliphatic hydroxyl groups excluding tert-OH is 1. The Morgan fingerprint density at radius 3 is 2.64 bits per heavy atom. The number of likely N-dealkylation sites (tertiary alicyclic amines) is 1. The van der Waals surface area contributed by atoms with Crippen molar-refractivity contribution in [1.82, 2.24) is 14.5 Å². The van der Waals surface area contributed by atoms with E-state index in [2.05, 4.69) is 4.98 Å². The molecule has 1 aromatic heterocycles. The molecule has 2 aliphatic rings. The van der Waals surface area contributed by atoms with Crippen LogP contribution in [0, 0.1) is 6.92 Å². The van der Waals surface area contributed by atoms with Crippen LogP contribution in [-0.2, 0) is 16.1 Å². The molecular formula is C25H23N3O5. The molecule has 3 heterocycles. The molecule has 2 aliphatic heterocycles. The molecule has 3 aromatic rings. The molecule has 168 valence electrons. The van der Waals surface area contributed by atoms with Gasteiger partial charge in [-0.15, -0.1) is 0 Å². The van der Waals surface area contributed by atoms with E-state index in [1.165, 1.54) is 0 Å². The molecule has 1 N–H and O–H groups in total. The van der Waals surface area contributed by atoms with Gasteiger partial charge in [0.05, 0.1) is 17.9 Å². The van der Waals surface area contributed by atoms with Crippen LogP contribution >= 0.6 is 0 Å². The normalized spacial score (nSPS) is 18.8. The zero-order chi connectivity index (χ0) is 22.9. The molecule has 33 heavy (non-hydrogen) atoms. The predicted octanol–water partition coefficient (Wildman–Crippen LogP) is 3.43. The van der Waals surface area contributed by atoms with Crippen LogP contribution in [0.15, 0.2) is 66.8 Å². The van der Waals surface area contributed by atoms with Crippen molar-refractivity contribution in [1.29, 1.82) is 0 Å². The topological polar surface area (TPSA) is 93.9 Å². The number of rotatable bonds is 6. The average molecular weight is 445 g/mol. The minimum Gasteiger partial charge on any atom is -0.507 e. The summed E-state index contributed by atoms with van der Waals surface area (Å²) in [4.78, 5) is 31.8. The largest absolute Gasteiger partial charge is 0.507 e. The van der Waals surface area contributed by atoms with Gasteiger partial charge in [0.15, 0.2) is 11.5 Å². The predicted molar refractivity (Wildman–Crippen MR) is 120 cm³/mol. The number of Topliss-reactive ketones (excluding diaryl/α,β-unsaturated/α-hetero) is 1. The third kappa shape index (κ3) is 3.84. The number of fused-ring (bicyclic) bond motifs is 1. The first-order valence-electron chi connectivity index (χ1n) is 10.7. The number of nitrogens with zero attached hydrogens (tertiary/aromatic N) is 3. The smallest absolute Gasteiger partial charge is 0.295 e. The minimum absolute atomic E-state index is 0.0744. The van der Waals surface area contributed by atoms with Crippen molar-refractivity contribution in [3.05, 3.63) is 83.4 Å². The number of ketones is 1. The van der Waals surface area contributed by atoms with Crippen LogP contribution in [0.5, 0.6) is 11.5 Å². The van der Waals surface area contributed by atoms with E-state index in [1.54, 1.807) is 35.6 Å². The molecule has 8 nitrogen and oxygen atoms in total. The van der Waals surface area contributed by atoms with Gasteiger partial charge in [-0.3, -0.25) is 9.59 Å². The maximum absolute atomic E-state index is 13.1. The number of carbonyl (C=O) groups is 2. The Bertz CT molecular complexity index is 1230. The number of aromatic nitrogens is 2. The Morgan fingerprint density at radius 2 is 1.88 bits per heavy atom. The molecule has 1 amide bonds. The van der Waals surface area contributed by atoms with E-state index in [-0.39, 0.29) is 18.1 Å². The van der Waals surface area contributed by atoms with Crippen molar-refractivity contribution < 1.29 is 24.2 Å². The maximum Gasteiger partial charge on any atom is 0.295 e. The number of ether oxygens (including phenoxy) is 2. The van der Waals surface area contributed by atoms with Crippen LogP contribution < -0.4 is 9.47 Å². The van der Waals surface area contributed by atoms with Gasteiger partial charge < -0.3 is 24.0 Å². The summed E-state index contributed by atoms with van der Waals surface area (Å²) >= 11 is 0. The van der Waals surface area contributed by atoms with Gasteiger partial charge in [0.25, 0.3) is 11.7 Å². The molecule has 1 fully saturated rings. The zero-order valence-electron chi connectivity index (χ0n) is 18.1. The Labute approximate surface area is 190 Å². The lowest BCUT2D eigenvalue weighted by Crippen LogP contribution is -2.31. The van der Waals surface area contributed by atoms with Crippen LogP contribution in [0.1, 0.15) is 29.2 Å². The first-order valence-corrected chi connectivity index (χ1v) is 10.7. The number of carbonyl (C=O) groups excluding carboxylic acids is 2. The van der Waals surface area contributed by atoms with Gasteiger partial charge in [-0.2, -0.15) is 0 Å². The van der Waals surface area contributed by atoms with Crippen LogP contribution in [0.25, 0.3) is 5.76 Å². The summed E-state index contributed by atoms with van der Waals surface area (Å²) in [6, 6.07) is 11.9. The van der Waals surface area contributed by atoms with E-state index in [9.17, 15) is 14.7 Å². The number of aryl methyl sites for hydroxylation is 2. The fourth-order valence-electron chi connectivity index (χ4n) is 4.25. The molecule has 1 atom stereocenters. The molecule has 0 radical (unpaired) electrons. The molecule has 0 unspecified atom stereocenters. The third-order valence-electron chi connectivity index (χ3n) is 5.95. The van der Waals surface area contributed by atoms with Crippen LogP contribution in [-0.4, -0.2) is 44.6 Å². The van der Waals surface area contributed by atoms with Gasteiger partial charge in [-0.05, 0) is 37.1 Å². The van der Waals surface area contributed by atoms with E-state index in [1.807, 2.05) is 42.0 Å². The van der Waals surface area contributed by atoms with Crippen molar-refractivity contribution >= 4 is 17.4 Å². The highest BCUT2D eigenvalue weighted by Crippen LogP contribution is 2.41.